The lowest BCUT2D eigenvalue weighted by Gasteiger charge is -2.16. The van der Waals surface area contributed by atoms with Crippen molar-refractivity contribution in [2.75, 3.05) is 6.54 Å². The fourth-order valence-electron chi connectivity index (χ4n) is 1.62. The Hall–Kier alpha value is -0.900. The van der Waals surface area contributed by atoms with Crippen LogP contribution in [0.25, 0.3) is 0 Å². The van der Waals surface area contributed by atoms with E-state index < -0.39 is 0 Å². The van der Waals surface area contributed by atoms with Crippen LogP contribution in [0.1, 0.15) is 23.4 Å². The van der Waals surface area contributed by atoms with Gasteiger partial charge in [-0.1, -0.05) is 24.6 Å². The molecule has 0 radical (unpaired) electrons. The van der Waals surface area contributed by atoms with Gasteiger partial charge in [-0.25, -0.2) is 0 Å². The summed E-state index contributed by atoms with van der Waals surface area (Å²) in [6.45, 7) is 3.01. The zero-order valence-corrected chi connectivity index (χ0v) is 10.6. The molecule has 1 N–H and O–H groups in total. The Labute approximate surface area is 104 Å². The number of nitrogens with one attached hydrogen (secondary N) is 1. The molecule has 0 saturated carbocycles. The fraction of sp³-hybridized carbons (Fsp3) is 0.250. The van der Waals surface area contributed by atoms with Crippen molar-refractivity contribution in [3.63, 3.8) is 0 Å². The van der Waals surface area contributed by atoms with Gasteiger partial charge in [0.1, 0.15) is 0 Å². The smallest absolute Gasteiger partial charge is 0.0931 e. The third kappa shape index (κ3) is 2.61. The van der Waals surface area contributed by atoms with E-state index in [2.05, 4.69) is 29.4 Å². The van der Waals surface area contributed by atoms with Crippen LogP contribution in [0.4, 0.5) is 0 Å². The SMILES string of the molecule is CCN[C@@H](c1cccnc1)c1ccc(Cl)s1. The molecule has 0 spiro atoms. The predicted octanol–water partition coefficient (Wildman–Crippen LogP) is 3.50. The molecule has 2 nitrogen and oxygen atoms in total. The molecule has 16 heavy (non-hydrogen) atoms. The van der Waals surface area contributed by atoms with E-state index in [4.69, 9.17) is 11.6 Å². The molecule has 0 amide bonds. The largest absolute Gasteiger partial charge is 0.306 e. The zero-order valence-electron chi connectivity index (χ0n) is 8.98. The first-order chi connectivity index (χ1) is 7.81. The quantitative estimate of drug-likeness (QED) is 0.901. The summed E-state index contributed by atoms with van der Waals surface area (Å²) >= 11 is 7.57. The summed E-state index contributed by atoms with van der Waals surface area (Å²) < 4.78 is 0.821. The van der Waals surface area contributed by atoms with Crippen molar-refractivity contribution in [1.29, 1.82) is 0 Å². The molecule has 2 rings (SSSR count). The second kappa shape index (κ2) is 5.43. The van der Waals surface area contributed by atoms with Crippen LogP contribution in [0.3, 0.4) is 0 Å². The minimum Gasteiger partial charge on any atom is -0.306 e. The van der Waals surface area contributed by atoms with Crippen LogP contribution in [0.15, 0.2) is 36.7 Å². The van der Waals surface area contributed by atoms with E-state index in [1.165, 1.54) is 10.4 Å². The van der Waals surface area contributed by atoms with Gasteiger partial charge >= 0.3 is 0 Å². The number of hydrogen-bond acceptors (Lipinski definition) is 3. The van der Waals surface area contributed by atoms with Crippen LogP contribution in [-0.2, 0) is 0 Å². The number of pyridine rings is 1. The molecular formula is C12H13ClN2S. The van der Waals surface area contributed by atoms with E-state index in [0.717, 1.165) is 10.9 Å². The number of rotatable bonds is 4. The highest BCUT2D eigenvalue weighted by molar-refractivity contribution is 7.16. The zero-order chi connectivity index (χ0) is 11.4. The first-order valence-corrected chi connectivity index (χ1v) is 6.39. The molecule has 2 heterocycles. The number of thiophene rings is 1. The van der Waals surface area contributed by atoms with E-state index in [1.807, 2.05) is 18.3 Å². The van der Waals surface area contributed by atoms with E-state index in [9.17, 15) is 0 Å². The van der Waals surface area contributed by atoms with Gasteiger partial charge in [0, 0.05) is 17.3 Å². The number of aromatic nitrogens is 1. The summed E-state index contributed by atoms with van der Waals surface area (Å²) in [4.78, 5) is 5.37. The summed E-state index contributed by atoms with van der Waals surface area (Å²) in [5, 5.41) is 3.44. The molecule has 0 unspecified atom stereocenters. The molecule has 0 aliphatic heterocycles. The fourth-order valence-corrected chi connectivity index (χ4v) is 2.78. The molecule has 2 aromatic heterocycles. The third-order valence-corrected chi connectivity index (χ3v) is 3.60. The Kier molecular flexibility index (Phi) is 3.93. The van der Waals surface area contributed by atoms with Gasteiger partial charge < -0.3 is 5.32 Å². The van der Waals surface area contributed by atoms with Gasteiger partial charge in [-0.2, -0.15) is 0 Å². The minimum absolute atomic E-state index is 0.191. The topological polar surface area (TPSA) is 24.9 Å². The third-order valence-electron chi connectivity index (χ3n) is 2.30. The highest BCUT2D eigenvalue weighted by Gasteiger charge is 2.14. The molecule has 0 bridgehead atoms. The molecule has 4 heteroatoms. The van der Waals surface area contributed by atoms with Gasteiger partial charge in [-0.05, 0) is 30.3 Å². The first-order valence-electron chi connectivity index (χ1n) is 5.20. The van der Waals surface area contributed by atoms with E-state index in [-0.39, 0.29) is 6.04 Å². The lowest BCUT2D eigenvalue weighted by molar-refractivity contribution is 0.637. The van der Waals surface area contributed by atoms with Crippen molar-refractivity contribution >= 4 is 22.9 Å². The highest BCUT2D eigenvalue weighted by atomic mass is 35.5. The Morgan fingerprint density at radius 1 is 1.44 bits per heavy atom. The lowest BCUT2D eigenvalue weighted by Crippen LogP contribution is -2.21. The predicted molar refractivity (Wildman–Crippen MR) is 69.1 cm³/mol. The maximum Gasteiger partial charge on any atom is 0.0931 e. The van der Waals surface area contributed by atoms with Gasteiger partial charge in [0.25, 0.3) is 0 Å². The average molecular weight is 253 g/mol. The van der Waals surface area contributed by atoms with E-state index in [0.29, 0.717) is 0 Å². The number of nitrogens with zero attached hydrogens (tertiary/aromatic N) is 1. The van der Waals surface area contributed by atoms with Gasteiger partial charge in [-0.3, -0.25) is 4.98 Å². The summed E-state index contributed by atoms with van der Waals surface area (Å²) in [6.07, 6.45) is 3.68. The van der Waals surface area contributed by atoms with Gasteiger partial charge in [0.05, 0.1) is 10.4 Å². The van der Waals surface area contributed by atoms with Crippen molar-refractivity contribution in [2.24, 2.45) is 0 Å². The van der Waals surface area contributed by atoms with Gasteiger partial charge in [-0.15, -0.1) is 11.3 Å². The molecule has 84 valence electrons. The van der Waals surface area contributed by atoms with Crippen molar-refractivity contribution in [3.8, 4) is 0 Å². The van der Waals surface area contributed by atoms with Gasteiger partial charge in [0.2, 0.25) is 0 Å². The first kappa shape index (κ1) is 11.6. The monoisotopic (exact) mass is 252 g/mol. The molecule has 2 aromatic rings. The summed E-state index contributed by atoms with van der Waals surface area (Å²) in [5.74, 6) is 0. The van der Waals surface area contributed by atoms with E-state index >= 15 is 0 Å². The summed E-state index contributed by atoms with van der Waals surface area (Å²) in [5.41, 5.74) is 1.17. The minimum atomic E-state index is 0.191. The molecule has 1 atom stereocenters. The lowest BCUT2D eigenvalue weighted by atomic mass is 10.1. The van der Waals surface area contributed by atoms with Gasteiger partial charge in [0.15, 0.2) is 0 Å². The van der Waals surface area contributed by atoms with Crippen LogP contribution in [-0.4, -0.2) is 11.5 Å². The normalized spacial score (nSPS) is 12.6. The number of hydrogen-bond donors (Lipinski definition) is 1. The number of halogens is 1. The molecule has 0 fully saturated rings. The molecule has 0 aliphatic carbocycles. The second-order valence-corrected chi connectivity index (χ2v) is 5.17. The van der Waals surface area contributed by atoms with Crippen LogP contribution >= 0.6 is 22.9 Å². The van der Waals surface area contributed by atoms with Crippen LogP contribution in [0, 0.1) is 0 Å². The van der Waals surface area contributed by atoms with Crippen molar-refractivity contribution in [2.45, 2.75) is 13.0 Å². The standard InChI is InChI=1S/C12H13ClN2S/c1-2-15-12(9-4-3-7-14-8-9)10-5-6-11(13)16-10/h3-8,12,15H,2H2,1H3/t12-/m0/s1. The van der Waals surface area contributed by atoms with Crippen LogP contribution in [0.5, 0.6) is 0 Å². The molecule has 0 saturated heterocycles. The Balaban J connectivity index is 2.31. The van der Waals surface area contributed by atoms with Crippen LogP contribution < -0.4 is 5.32 Å². The second-order valence-electron chi connectivity index (χ2n) is 3.42. The van der Waals surface area contributed by atoms with Crippen molar-refractivity contribution in [3.05, 3.63) is 51.4 Å². The summed E-state index contributed by atoms with van der Waals surface area (Å²) in [7, 11) is 0. The van der Waals surface area contributed by atoms with Crippen LogP contribution in [0.2, 0.25) is 4.34 Å². The summed E-state index contributed by atoms with van der Waals surface area (Å²) in [6, 6.07) is 8.22. The molecule has 0 aliphatic rings. The Morgan fingerprint density at radius 2 is 2.31 bits per heavy atom. The maximum atomic E-state index is 5.97. The molecule has 0 aromatic carbocycles. The highest BCUT2D eigenvalue weighted by Crippen LogP contribution is 2.30. The average Bonchev–Trinajstić information content (AvgIpc) is 2.74. The Morgan fingerprint density at radius 3 is 2.88 bits per heavy atom. The van der Waals surface area contributed by atoms with Crippen molar-refractivity contribution < 1.29 is 0 Å². The maximum absolute atomic E-state index is 5.97. The van der Waals surface area contributed by atoms with E-state index in [1.54, 1.807) is 17.5 Å². The molecular weight excluding hydrogens is 240 g/mol. The van der Waals surface area contributed by atoms with Crippen molar-refractivity contribution in [1.82, 2.24) is 10.3 Å². The Bertz CT molecular complexity index is 441.